The van der Waals surface area contributed by atoms with Gasteiger partial charge in [-0.15, -0.1) is 5.10 Å². The van der Waals surface area contributed by atoms with Gasteiger partial charge in [0.05, 0.1) is 6.20 Å². The van der Waals surface area contributed by atoms with Gasteiger partial charge in [-0.05, 0) is 24.5 Å². The largest absolute Gasteiger partial charge is 0.368 e. The Balaban J connectivity index is 2.45. The Bertz CT molecular complexity index is 260. The van der Waals surface area contributed by atoms with Gasteiger partial charge in [-0.25, -0.2) is 0 Å². The third kappa shape index (κ3) is 3.40. The number of nitrogens with zero attached hydrogens (tertiary/aromatic N) is 2. The standard InChI is InChI=1S/C10H17N3/c1-4-8(2)6-11-10-5-9(3)7-12-13-10/h5,7-8H,4,6H2,1-3H3,(H,11,13). The number of rotatable bonds is 4. The van der Waals surface area contributed by atoms with Crippen molar-refractivity contribution >= 4 is 5.82 Å². The Hall–Kier alpha value is -1.12. The number of hydrogen-bond donors (Lipinski definition) is 1. The molecule has 1 rings (SSSR count). The molecule has 1 N–H and O–H groups in total. The lowest BCUT2D eigenvalue weighted by molar-refractivity contribution is 0.592. The van der Waals surface area contributed by atoms with Gasteiger partial charge < -0.3 is 5.32 Å². The molecule has 0 fully saturated rings. The van der Waals surface area contributed by atoms with Crippen LogP contribution in [0.25, 0.3) is 0 Å². The second kappa shape index (κ2) is 4.80. The molecule has 72 valence electrons. The molecule has 13 heavy (non-hydrogen) atoms. The zero-order chi connectivity index (χ0) is 9.68. The minimum atomic E-state index is 0.683. The van der Waals surface area contributed by atoms with Crippen molar-refractivity contribution in [3.05, 3.63) is 17.8 Å². The summed E-state index contributed by atoms with van der Waals surface area (Å²) in [6.07, 6.45) is 2.95. The number of anilines is 1. The van der Waals surface area contributed by atoms with E-state index in [0.29, 0.717) is 5.92 Å². The molecule has 0 saturated carbocycles. The Morgan fingerprint density at radius 3 is 2.92 bits per heavy atom. The van der Waals surface area contributed by atoms with Crippen LogP contribution >= 0.6 is 0 Å². The summed E-state index contributed by atoms with van der Waals surface area (Å²) in [6.45, 7) is 7.39. The molecule has 0 aliphatic heterocycles. The molecule has 1 heterocycles. The molecule has 3 nitrogen and oxygen atoms in total. The molecule has 1 atom stereocenters. The summed E-state index contributed by atoms with van der Waals surface area (Å²) >= 11 is 0. The lowest BCUT2D eigenvalue weighted by atomic mass is 10.1. The predicted octanol–water partition coefficient (Wildman–Crippen LogP) is 2.24. The van der Waals surface area contributed by atoms with Crippen molar-refractivity contribution in [2.75, 3.05) is 11.9 Å². The van der Waals surface area contributed by atoms with Crippen molar-refractivity contribution in [1.29, 1.82) is 0 Å². The van der Waals surface area contributed by atoms with E-state index in [0.717, 1.165) is 17.9 Å². The van der Waals surface area contributed by atoms with Gasteiger partial charge in [0.2, 0.25) is 0 Å². The van der Waals surface area contributed by atoms with E-state index in [4.69, 9.17) is 0 Å². The molecule has 0 aliphatic carbocycles. The summed E-state index contributed by atoms with van der Waals surface area (Å²) in [5.41, 5.74) is 1.14. The summed E-state index contributed by atoms with van der Waals surface area (Å²) in [4.78, 5) is 0. The summed E-state index contributed by atoms with van der Waals surface area (Å²) < 4.78 is 0. The van der Waals surface area contributed by atoms with Crippen LogP contribution < -0.4 is 5.32 Å². The van der Waals surface area contributed by atoms with Crippen LogP contribution in [0.5, 0.6) is 0 Å². The van der Waals surface area contributed by atoms with E-state index in [1.54, 1.807) is 6.20 Å². The third-order valence-electron chi connectivity index (χ3n) is 2.12. The van der Waals surface area contributed by atoms with Crippen LogP contribution in [0.4, 0.5) is 5.82 Å². The van der Waals surface area contributed by atoms with E-state index < -0.39 is 0 Å². The Labute approximate surface area is 79.6 Å². The maximum Gasteiger partial charge on any atom is 0.148 e. The van der Waals surface area contributed by atoms with Crippen molar-refractivity contribution < 1.29 is 0 Å². The van der Waals surface area contributed by atoms with Gasteiger partial charge in [0.25, 0.3) is 0 Å². The van der Waals surface area contributed by atoms with E-state index >= 15 is 0 Å². The molecular formula is C10H17N3. The normalized spacial score (nSPS) is 12.5. The average molecular weight is 179 g/mol. The van der Waals surface area contributed by atoms with Crippen LogP contribution in [0.2, 0.25) is 0 Å². The van der Waals surface area contributed by atoms with Crippen LogP contribution in [0, 0.1) is 12.8 Å². The predicted molar refractivity (Wildman–Crippen MR) is 54.7 cm³/mol. The highest BCUT2D eigenvalue weighted by Crippen LogP contribution is 2.06. The first-order valence-electron chi connectivity index (χ1n) is 4.75. The molecule has 0 spiro atoms. The number of nitrogens with one attached hydrogen (secondary N) is 1. The quantitative estimate of drug-likeness (QED) is 0.770. The Morgan fingerprint density at radius 1 is 1.54 bits per heavy atom. The van der Waals surface area contributed by atoms with Gasteiger partial charge in [0.1, 0.15) is 5.82 Å². The van der Waals surface area contributed by atoms with Crippen molar-refractivity contribution in [3.8, 4) is 0 Å². The summed E-state index contributed by atoms with van der Waals surface area (Å²) in [6, 6.07) is 2.01. The highest BCUT2D eigenvalue weighted by molar-refractivity contribution is 5.34. The summed E-state index contributed by atoms with van der Waals surface area (Å²) in [5.74, 6) is 1.56. The van der Waals surface area contributed by atoms with Crippen molar-refractivity contribution in [3.63, 3.8) is 0 Å². The molecule has 0 saturated heterocycles. The molecule has 1 aromatic rings. The lowest BCUT2D eigenvalue weighted by Crippen LogP contribution is -2.11. The Kier molecular flexibility index (Phi) is 3.68. The number of hydrogen-bond acceptors (Lipinski definition) is 3. The minimum absolute atomic E-state index is 0.683. The second-order valence-electron chi connectivity index (χ2n) is 3.51. The first-order chi connectivity index (χ1) is 6.22. The van der Waals surface area contributed by atoms with E-state index in [-0.39, 0.29) is 0 Å². The first-order valence-corrected chi connectivity index (χ1v) is 4.75. The average Bonchev–Trinajstić information content (AvgIpc) is 2.14. The first kappa shape index (κ1) is 9.96. The van der Waals surface area contributed by atoms with E-state index in [1.807, 2.05) is 13.0 Å². The molecule has 1 unspecified atom stereocenters. The van der Waals surface area contributed by atoms with Gasteiger partial charge in [0.15, 0.2) is 0 Å². The molecule has 1 aromatic heterocycles. The SMILES string of the molecule is CCC(C)CNc1cc(C)cnn1. The van der Waals surface area contributed by atoms with Gasteiger partial charge >= 0.3 is 0 Å². The van der Waals surface area contributed by atoms with Crippen molar-refractivity contribution in [1.82, 2.24) is 10.2 Å². The summed E-state index contributed by atoms with van der Waals surface area (Å²) in [5, 5.41) is 11.1. The van der Waals surface area contributed by atoms with Crippen LogP contribution in [-0.2, 0) is 0 Å². The van der Waals surface area contributed by atoms with Gasteiger partial charge in [-0.1, -0.05) is 20.3 Å². The highest BCUT2D eigenvalue weighted by atomic mass is 15.2. The van der Waals surface area contributed by atoms with Gasteiger partial charge in [0, 0.05) is 6.54 Å². The molecule has 0 aliphatic rings. The maximum atomic E-state index is 3.98. The molecular weight excluding hydrogens is 162 g/mol. The molecule has 0 aromatic carbocycles. The minimum Gasteiger partial charge on any atom is -0.368 e. The monoisotopic (exact) mass is 179 g/mol. The van der Waals surface area contributed by atoms with Crippen LogP contribution in [0.1, 0.15) is 25.8 Å². The maximum absolute atomic E-state index is 3.98. The van der Waals surface area contributed by atoms with Gasteiger partial charge in [-0.2, -0.15) is 5.10 Å². The fourth-order valence-electron chi connectivity index (χ4n) is 0.973. The highest BCUT2D eigenvalue weighted by Gasteiger charge is 1.99. The van der Waals surface area contributed by atoms with Crippen LogP contribution in [0.15, 0.2) is 12.3 Å². The second-order valence-corrected chi connectivity index (χ2v) is 3.51. The van der Waals surface area contributed by atoms with Crippen LogP contribution in [-0.4, -0.2) is 16.7 Å². The molecule has 0 amide bonds. The smallest absolute Gasteiger partial charge is 0.148 e. The van der Waals surface area contributed by atoms with Crippen molar-refractivity contribution in [2.24, 2.45) is 5.92 Å². The summed E-state index contributed by atoms with van der Waals surface area (Å²) in [7, 11) is 0. The Morgan fingerprint density at radius 2 is 2.31 bits per heavy atom. The number of aromatic nitrogens is 2. The van der Waals surface area contributed by atoms with Crippen molar-refractivity contribution in [2.45, 2.75) is 27.2 Å². The number of aryl methyl sites for hydroxylation is 1. The molecule has 0 bridgehead atoms. The third-order valence-corrected chi connectivity index (χ3v) is 2.12. The topological polar surface area (TPSA) is 37.8 Å². The molecule has 3 heteroatoms. The fraction of sp³-hybridized carbons (Fsp3) is 0.600. The van der Waals surface area contributed by atoms with Gasteiger partial charge in [-0.3, -0.25) is 0 Å². The molecule has 0 radical (unpaired) electrons. The van der Waals surface area contributed by atoms with E-state index in [1.165, 1.54) is 6.42 Å². The van der Waals surface area contributed by atoms with E-state index in [2.05, 4.69) is 29.4 Å². The van der Waals surface area contributed by atoms with Crippen LogP contribution in [0.3, 0.4) is 0 Å². The zero-order valence-corrected chi connectivity index (χ0v) is 8.54. The van der Waals surface area contributed by atoms with E-state index in [9.17, 15) is 0 Å². The zero-order valence-electron chi connectivity index (χ0n) is 8.54. The lowest BCUT2D eigenvalue weighted by Gasteiger charge is -2.09. The fourth-order valence-corrected chi connectivity index (χ4v) is 0.973.